The van der Waals surface area contributed by atoms with E-state index in [1.807, 2.05) is 192 Å². The molecule has 80 heavy (non-hydrogen) atoms. The number of carbonyl (C=O) groups is 5. The van der Waals surface area contributed by atoms with Crippen molar-refractivity contribution in [2.24, 2.45) is 27.7 Å². The molecule has 0 bridgehead atoms. The van der Waals surface area contributed by atoms with Gasteiger partial charge in [-0.05, 0) is 179 Å². The van der Waals surface area contributed by atoms with Gasteiger partial charge in [-0.1, -0.05) is 150 Å². The maximum atomic E-state index is 13.0. The summed E-state index contributed by atoms with van der Waals surface area (Å²) in [6.45, 7) is 33.8. The SMILES string of the molecule is C.C.C=C(C)c1cccc(C(C)(C)N=C=O)c1.C=C(C)c1cccc(C(C)(C)NC(=O)OCCOC(=O)C(C)(C)CC(CC(CC)C(C)=O)c2ccccc2)c1.CCC(CC(CC(C)(C)C(=O)OCCO)c1ccccc1)C(C)=O. The third kappa shape index (κ3) is 24.7. The maximum absolute atomic E-state index is 13.0. The summed E-state index contributed by atoms with van der Waals surface area (Å²) in [4.78, 5) is 75.9. The Hall–Kier alpha value is -6.75. The molecule has 0 saturated heterocycles. The van der Waals surface area contributed by atoms with Crippen LogP contribution in [-0.4, -0.2) is 67.2 Å². The fraction of sp³-hybridized carbons (Fsp3) is 0.500. The zero-order valence-corrected chi connectivity index (χ0v) is 49.3. The fourth-order valence-electron chi connectivity index (χ4n) is 9.13. The molecular formula is C68H98N2O10. The van der Waals surface area contributed by atoms with Gasteiger partial charge in [0.15, 0.2) is 0 Å². The maximum Gasteiger partial charge on any atom is 0.407 e. The van der Waals surface area contributed by atoms with Crippen LogP contribution in [0, 0.1) is 22.7 Å². The first-order valence-electron chi connectivity index (χ1n) is 27.2. The minimum atomic E-state index is -0.784. The van der Waals surface area contributed by atoms with Gasteiger partial charge in [0.25, 0.3) is 0 Å². The number of Topliss-reactive ketones (excluding diaryl/α,β-unsaturated/α-hetero) is 2. The normalized spacial score (nSPS) is 12.6. The monoisotopic (exact) mass is 1100 g/mol. The highest BCUT2D eigenvalue weighted by atomic mass is 16.6. The summed E-state index contributed by atoms with van der Waals surface area (Å²) in [6.07, 6.45) is 5.13. The number of alkyl carbamates (subject to hydrolysis) is 1. The number of aliphatic hydroxyl groups is 1. The number of aliphatic imine (C=N–C) groups is 1. The minimum absolute atomic E-state index is 0. The van der Waals surface area contributed by atoms with Crippen molar-refractivity contribution in [2.75, 3.05) is 26.4 Å². The van der Waals surface area contributed by atoms with E-state index in [4.69, 9.17) is 19.3 Å². The Labute approximate surface area is 481 Å². The van der Waals surface area contributed by atoms with Crippen molar-refractivity contribution >= 4 is 46.8 Å². The molecule has 0 aliphatic carbocycles. The first-order chi connectivity index (χ1) is 36.5. The lowest BCUT2D eigenvalue weighted by Gasteiger charge is -2.30. The number of allylic oxidation sites excluding steroid dienone is 2. The molecule has 0 radical (unpaired) electrons. The third-order valence-electron chi connectivity index (χ3n) is 14.2. The number of ketones is 2. The number of hydrogen-bond donors (Lipinski definition) is 2. The fourth-order valence-corrected chi connectivity index (χ4v) is 9.13. The molecular weight excluding hydrogens is 1000 g/mol. The number of ether oxygens (including phenoxy) is 3. The first kappa shape index (κ1) is 73.2. The second kappa shape index (κ2) is 35.1. The van der Waals surface area contributed by atoms with Crippen molar-refractivity contribution in [3.8, 4) is 0 Å². The van der Waals surface area contributed by atoms with Crippen molar-refractivity contribution < 1.29 is 48.1 Å². The molecule has 0 aliphatic rings. The zero-order valence-electron chi connectivity index (χ0n) is 49.3. The molecule has 0 fully saturated rings. The predicted molar refractivity (Wildman–Crippen MR) is 327 cm³/mol. The molecule has 4 atom stereocenters. The van der Waals surface area contributed by atoms with Crippen LogP contribution in [0.2, 0.25) is 0 Å². The minimum Gasteiger partial charge on any atom is -0.463 e. The zero-order chi connectivity index (χ0) is 58.9. The van der Waals surface area contributed by atoms with Crippen LogP contribution < -0.4 is 5.32 Å². The van der Waals surface area contributed by atoms with Crippen LogP contribution in [0.5, 0.6) is 0 Å². The Kier molecular flexibility index (Phi) is 32.1. The van der Waals surface area contributed by atoms with Gasteiger partial charge in [0.1, 0.15) is 31.4 Å². The van der Waals surface area contributed by atoms with E-state index in [0.717, 1.165) is 63.8 Å². The van der Waals surface area contributed by atoms with E-state index < -0.39 is 28.0 Å². The second-order valence-electron chi connectivity index (χ2n) is 22.7. The van der Waals surface area contributed by atoms with Crippen LogP contribution >= 0.6 is 0 Å². The summed E-state index contributed by atoms with van der Waals surface area (Å²) < 4.78 is 15.9. The van der Waals surface area contributed by atoms with Crippen LogP contribution in [0.25, 0.3) is 11.1 Å². The second-order valence-corrected chi connectivity index (χ2v) is 22.7. The van der Waals surface area contributed by atoms with Gasteiger partial charge in [0, 0.05) is 11.8 Å². The summed E-state index contributed by atoms with van der Waals surface area (Å²) in [5.74, 6) is -0.221. The molecule has 12 heteroatoms. The van der Waals surface area contributed by atoms with Gasteiger partial charge in [-0.3, -0.25) is 19.2 Å². The molecule has 4 unspecified atom stereocenters. The molecule has 4 aromatic carbocycles. The summed E-state index contributed by atoms with van der Waals surface area (Å²) in [5.41, 5.74) is 5.54. The number of carbonyl (C=O) groups excluding carboxylic acids is 6. The van der Waals surface area contributed by atoms with Crippen molar-refractivity contribution in [1.82, 2.24) is 5.32 Å². The lowest BCUT2D eigenvalue weighted by atomic mass is 9.75. The average Bonchev–Trinajstić information content (AvgIpc) is 3.39. The lowest BCUT2D eigenvalue weighted by Crippen LogP contribution is -2.41. The largest absolute Gasteiger partial charge is 0.463 e. The average molecular weight is 1100 g/mol. The van der Waals surface area contributed by atoms with Crippen molar-refractivity contribution in [3.05, 3.63) is 156 Å². The third-order valence-corrected chi connectivity index (χ3v) is 14.2. The Morgan fingerprint density at radius 3 is 1.34 bits per heavy atom. The van der Waals surface area contributed by atoms with E-state index in [0.29, 0.717) is 19.3 Å². The molecule has 440 valence electrons. The molecule has 12 nitrogen and oxygen atoms in total. The van der Waals surface area contributed by atoms with Gasteiger partial charge in [-0.2, -0.15) is 4.99 Å². The van der Waals surface area contributed by atoms with E-state index in [9.17, 15) is 28.8 Å². The number of aliphatic hydroxyl groups excluding tert-OH is 1. The molecule has 1 amide bonds. The van der Waals surface area contributed by atoms with Crippen LogP contribution in [0.3, 0.4) is 0 Å². The highest BCUT2D eigenvalue weighted by Crippen LogP contribution is 2.39. The van der Waals surface area contributed by atoms with Crippen LogP contribution in [0.15, 0.2) is 127 Å². The molecule has 0 heterocycles. The number of esters is 2. The van der Waals surface area contributed by atoms with E-state index in [-0.39, 0.29) is 88.5 Å². The standard InChI is InChI=1S/C33H45NO5.C20H30O4.C13H15NO.2CH4/c1-9-25(24(4)35)20-28(26-14-11-10-12-15-26)22-32(5,6)30(36)38-18-19-39-31(37)34-33(7,8)29-17-13-16-27(21-29)23(2)3;1-5-16(15(2)22)13-18(17-9-7-6-8-10-17)14-20(3,4)19(23)24-12-11-21;1-10(2)11-6-5-7-12(8-11)13(3,4)14-9-15;;/h10-17,21,25,28H,2,9,18-20,22H2,1,3-8H3,(H,34,37);6-10,16,18,21H,5,11-14H2,1-4H3;5-8H,1H2,2-4H3;2*1H4. The van der Waals surface area contributed by atoms with E-state index >= 15 is 0 Å². The number of nitrogens with one attached hydrogen (secondary N) is 1. The molecule has 0 spiro atoms. The van der Waals surface area contributed by atoms with Gasteiger partial charge < -0.3 is 24.6 Å². The quantitative estimate of drug-likeness (QED) is 0.0192. The van der Waals surface area contributed by atoms with Crippen LogP contribution in [0.4, 0.5) is 4.79 Å². The molecule has 2 N–H and O–H groups in total. The molecule has 4 aromatic rings. The van der Waals surface area contributed by atoms with E-state index in [1.54, 1.807) is 19.9 Å². The Bertz CT molecular complexity index is 2630. The van der Waals surface area contributed by atoms with E-state index in [1.165, 1.54) is 0 Å². The highest BCUT2D eigenvalue weighted by molar-refractivity contribution is 5.79. The number of rotatable bonds is 27. The van der Waals surface area contributed by atoms with Crippen molar-refractivity contribution in [2.45, 2.75) is 173 Å². The molecule has 0 aromatic heterocycles. The van der Waals surface area contributed by atoms with Gasteiger partial charge in [0.2, 0.25) is 6.08 Å². The number of benzene rings is 4. The van der Waals surface area contributed by atoms with Crippen LogP contribution in [0.1, 0.15) is 196 Å². The van der Waals surface area contributed by atoms with Gasteiger partial charge in [-0.15, -0.1) is 0 Å². The van der Waals surface area contributed by atoms with Gasteiger partial charge in [-0.25, -0.2) is 9.59 Å². The van der Waals surface area contributed by atoms with Gasteiger partial charge >= 0.3 is 18.0 Å². The summed E-state index contributed by atoms with van der Waals surface area (Å²) in [5, 5.41) is 11.7. The molecule has 0 saturated carbocycles. The number of nitrogens with zero attached hydrogens (tertiary/aromatic N) is 1. The molecule has 0 aliphatic heterocycles. The predicted octanol–water partition coefficient (Wildman–Crippen LogP) is 15.7. The van der Waals surface area contributed by atoms with Crippen molar-refractivity contribution in [3.63, 3.8) is 0 Å². The van der Waals surface area contributed by atoms with Crippen LogP contribution in [-0.2, 0) is 49.3 Å². The Morgan fingerprint density at radius 1 is 0.575 bits per heavy atom. The molecule has 4 rings (SSSR count). The van der Waals surface area contributed by atoms with Crippen molar-refractivity contribution in [1.29, 1.82) is 0 Å². The van der Waals surface area contributed by atoms with Gasteiger partial charge in [0.05, 0.1) is 28.5 Å². The topological polar surface area (TPSA) is 175 Å². The number of isocyanates is 1. The highest BCUT2D eigenvalue weighted by Gasteiger charge is 2.36. The Balaban J connectivity index is 0.00000129. The first-order valence-corrected chi connectivity index (χ1v) is 27.2. The summed E-state index contributed by atoms with van der Waals surface area (Å²) in [7, 11) is 0. The summed E-state index contributed by atoms with van der Waals surface area (Å²) >= 11 is 0. The number of amides is 1. The lowest BCUT2D eigenvalue weighted by molar-refractivity contribution is -0.156. The smallest absolute Gasteiger partial charge is 0.407 e. The van der Waals surface area contributed by atoms with E-state index in [2.05, 4.69) is 23.5 Å². The Morgan fingerprint density at radius 2 is 0.963 bits per heavy atom. The summed E-state index contributed by atoms with van der Waals surface area (Å²) in [6, 6.07) is 35.8. The number of hydrogen-bond acceptors (Lipinski definition) is 11.